The second kappa shape index (κ2) is 6.80. The van der Waals surface area contributed by atoms with Gasteiger partial charge in [0.15, 0.2) is 0 Å². The van der Waals surface area contributed by atoms with E-state index in [1.54, 1.807) is 6.20 Å². The van der Waals surface area contributed by atoms with Crippen molar-refractivity contribution < 1.29 is 9.53 Å². The van der Waals surface area contributed by atoms with Crippen LogP contribution in [0.15, 0.2) is 24.5 Å². The first-order chi connectivity index (χ1) is 10.4. The number of ether oxygens (including phenoxy) is 1. The van der Waals surface area contributed by atoms with Gasteiger partial charge in [0.2, 0.25) is 0 Å². The molecule has 1 heterocycles. The Bertz CT molecular complexity index is 479. The molecule has 0 radical (unpaired) electrons. The first-order valence-electron chi connectivity index (χ1n) is 8.43. The maximum Gasteiger partial charge on any atom is 0.310 e. The van der Waals surface area contributed by atoms with Gasteiger partial charge in [-0.1, -0.05) is 46.6 Å². The van der Waals surface area contributed by atoms with Crippen LogP contribution in [-0.2, 0) is 16.0 Å². The van der Waals surface area contributed by atoms with Gasteiger partial charge in [0.1, 0.15) is 0 Å². The van der Waals surface area contributed by atoms with Crippen LogP contribution in [0.25, 0.3) is 0 Å². The van der Waals surface area contributed by atoms with Crippen LogP contribution < -0.4 is 0 Å². The molecule has 0 bridgehead atoms. The van der Waals surface area contributed by atoms with E-state index < -0.39 is 0 Å². The molecule has 0 saturated heterocycles. The van der Waals surface area contributed by atoms with Gasteiger partial charge in [0.25, 0.3) is 0 Å². The summed E-state index contributed by atoms with van der Waals surface area (Å²) >= 11 is 0. The molecule has 3 nitrogen and oxygen atoms in total. The highest BCUT2D eigenvalue weighted by atomic mass is 16.5. The number of pyridine rings is 1. The van der Waals surface area contributed by atoms with Crippen LogP contribution in [0.3, 0.4) is 0 Å². The van der Waals surface area contributed by atoms with Gasteiger partial charge >= 0.3 is 5.97 Å². The summed E-state index contributed by atoms with van der Waals surface area (Å²) in [5.41, 5.74) is 1.45. The number of hydrogen-bond donors (Lipinski definition) is 0. The molecule has 1 fully saturated rings. The highest BCUT2D eigenvalue weighted by Gasteiger charge is 2.69. The third kappa shape index (κ3) is 3.68. The maximum atomic E-state index is 12.1. The molecular weight excluding hydrogens is 274 g/mol. The Morgan fingerprint density at radius 1 is 1.14 bits per heavy atom. The topological polar surface area (TPSA) is 39.2 Å². The van der Waals surface area contributed by atoms with Crippen molar-refractivity contribution in [2.24, 2.45) is 16.7 Å². The minimum atomic E-state index is -0.00893. The van der Waals surface area contributed by atoms with Crippen molar-refractivity contribution in [1.29, 1.82) is 0 Å². The zero-order valence-electron chi connectivity index (χ0n) is 14.4. The number of esters is 1. The minimum Gasteiger partial charge on any atom is -0.465 e. The molecule has 1 aliphatic rings. The van der Waals surface area contributed by atoms with E-state index in [0.29, 0.717) is 6.61 Å². The van der Waals surface area contributed by atoms with E-state index in [1.165, 1.54) is 18.4 Å². The number of carbonyl (C=O) groups excluding carboxylic acids is 1. The van der Waals surface area contributed by atoms with Crippen molar-refractivity contribution in [2.45, 2.75) is 59.8 Å². The molecule has 1 aromatic heterocycles. The molecule has 2 rings (SSSR count). The smallest absolute Gasteiger partial charge is 0.310 e. The third-order valence-corrected chi connectivity index (χ3v) is 5.58. The number of rotatable bonds is 8. The highest BCUT2D eigenvalue weighted by molar-refractivity contribution is 5.78. The van der Waals surface area contributed by atoms with Gasteiger partial charge in [0, 0.05) is 12.4 Å². The third-order valence-electron chi connectivity index (χ3n) is 5.58. The molecule has 122 valence electrons. The number of unbranched alkanes of at least 4 members (excludes halogenated alkanes) is 3. The van der Waals surface area contributed by atoms with Crippen molar-refractivity contribution in [3.05, 3.63) is 30.1 Å². The lowest BCUT2D eigenvalue weighted by molar-refractivity contribution is -0.146. The van der Waals surface area contributed by atoms with Gasteiger partial charge in [-0.05, 0) is 41.7 Å². The average molecular weight is 303 g/mol. The van der Waals surface area contributed by atoms with Crippen molar-refractivity contribution in [1.82, 2.24) is 4.98 Å². The molecule has 1 saturated carbocycles. The fourth-order valence-corrected chi connectivity index (χ4v) is 3.37. The first-order valence-corrected chi connectivity index (χ1v) is 8.43. The fourth-order valence-electron chi connectivity index (χ4n) is 3.37. The number of hydrogen-bond acceptors (Lipinski definition) is 3. The summed E-state index contributed by atoms with van der Waals surface area (Å²) < 4.78 is 5.45. The van der Waals surface area contributed by atoms with Gasteiger partial charge in [-0.2, -0.15) is 0 Å². The average Bonchev–Trinajstić information content (AvgIpc) is 2.88. The zero-order chi connectivity index (χ0) is 16.2. The highest BCUT2D eigenvalue weighted by Crippen LogP contribution is 2.68. The molecule has 0 atom stereocenters. The van der Waals surface area contributed by atoms with Crippen molar-refractivity contribution in [3.8, 4) is 0 Å². The first kappa shape index (κ1) is 17.0. The number of nitrogens with zero attached hydrogens (tertiary/aromatic N) is 1. The van der Waals surface area contributed by atoms with Crippen LogP contribution in [0.2, 0.25) is 0 Å². The summed E-state index contributed by atoms with van der Waals surface area (Å²) in [6.45, 7) is 9.16. The van der Waals surface area contributed by atoms with E-state index in [9.17, 15) is 4.79 Å². The van der Waals surface area contributed by atoms with Gasteiger partial charge in [-0.3, -0.25) is 9.78 Å². The Kier molecular flexibility index (Phi) is 5.25. The summed E-state index contributed by atoms with van der Waals surface area (Å²) in [5.74, 6) is 0.0518. The lowest BCUT2D eigenvalue weighted by atomic mass is 10.0. The lowest BCUT2D eigenvalue weighted by Gasteiger charge is -2.06. The molecule has 22 heavy (non-hydrogen) atoms. The molecule has 1 aliphatic carbocycles. The summed E-state index contributed by atoms with van der Waals surface area (Å²) in [6, 6.07) is 4.10. The van der Waals surface area contributed by atoms with E-state index in [0.717, 1.165) is 19.3 Å². The van der Waals surface area contributed by atoms with Gasteiger partial charge in [-0.25, -0.2) is 0 Å². The largest absolute Gasteiger partial charge is 0.465 e. The van der Waals surface area contributed by atoms with E-state index in [1.807, 2.05) is 12.3 Å². The van der Waals surface area contributed by atoms with Gasteiger partial charge < -0.3 is 4.74 Å². The second-order valence-corrected chi connectivity index (χ2v) is 7.57. The fraction of sp³-hybridized carbons (Fsp3) is 0.684. The summed E-state index contributed by atoms with van der Waals surface area (Å²) in [4.78, 5) is 16.2. The van der Waals surface area contributed by atoms with E-state index in [2.05, 4.69) is 38.7 Å². The number of aryl methyl sites for hydroxylation is 1. The molecule has 0 aromatic carbocycles. The minimum absolute atomic E-state index is 0.00893. The van der Waals surface area contributed by atoms with E-state index >= 15 is 0 Å². The number of aromatic nitrogens is 1. The van der Waals surface area contributed by atoms with Crippen LogP contribution in [0.5, 0.6) is 0 Å². The zero-order valence-corrected chi connectivity index (χ0v) is 14.4. The normalized spacial score (nSPS) is 18.9. The van der Waals surface area contributed by atoms with E-state index in [-0.39, 0.29) is 22.7 Å². The Labute approximate surface area is 134 Å². The van der Waals surface area contributed by atoms with Crippen molar-refractivity contribution in [3.63, 3.8) is 0 Å². The molecule has 1 aromatic rings. The summed E-state index contributed by atoms with van der Waals surface area (Å²) in [5, 5.41) is 0. The summed E-state index contributed by atoms with van der Waals surface area (Å²) in [6.07, 6.45) is 9.24. The molecule has 0 unspecified atom stereocenters. The standard InChI is InChI=1S/C19H29NO2/c1-18(2)16(19(18,3)4)17(21)22-13-8-6-5-7-10-15-11-9-12-20-14-15/h9,11-12,14,16H,5-8,10,13H2,1-4H3. The van der Waals surface area contributed by atoms with E-state index in [4.69, 9.17) is 4.74 Å². The predicted octanol–water partition coefficient (Wildman–Crippen LogP) is 4.41. The van der Waals surface area contributed by atoms with Crippen molar-refractivity contribution >= 4 is 5.97 Å². The Morgan fingerprint density at radius 2 is 1.82 bits per heavy atom. The van der Waals surface area contributed by atoms with Gasteiger partial charge in [0.05, 0.1) is 12.5 Å². The molecule has 0 spiro atoms. The van der Waals surface area contributed by atoms with Crippen molar-refractivity contribution in [2.75, 3.05) is 6.61 Å². The van der Waals surface area contributed by atoms with Crippen LogP contribution in [0.4, 0.5) is 0 Å². The quantitative estimate of drug-likeness (QED) is 0.527. The molecule has 0 N–H and O–H groups in total. The monoisotopic (exact) mass is 303 g/mol. The lowest BCUT2D eigenvalue weighted by Crippen LogP contribution is -2.12. The molecule has 0 aliphatic heterocycles. The predicted molar refractivity (Wildman–Crippen MR) is 88.4 cm³/mol. The number of carbonyl (C=O) groups is 1. The maximum absolute atomic E-state index is 12.1. The van der Waals surface area contributed by atoms with Crippen LogP contribution in [-0.4, -0.2) is 17.6 Å². The molecule has 3 heteroatoms. The van der Waals surface area contributed by atoms with Crippen LogP contribution >= 0.6 is 0 Å². The van der Waals surface area contributed by atoms with Gasteiger partial charge in [-0.15, -0.1) is 0 Å². The molecular formula is C19H29NO2. The SMILES string of the molecule is CC1(C)C(C(=O)OCCCCCCc2cccnc2)C1(C)C. The molecule has 0 amide bonds. The van der Waals surface area contributed by atoms with Crippen LogP contribution in [0, 0.1) is 16.7 Å². The Morgan fingerprint density at radius 3 is 2.41 bits per heavy atom. The summed E-state index contributed by atoms with van der Waals surface area (Å²) in [7, 11) is 0. The van der Waals surface area contributed by atoms with Crippen LogP contribution in [0.1, 0.15) is 58.9 Å². The Balaban J connectivity index is 1.52. The Hall–Kier alpha value is -1.38. The second-order valence-electron chi connectivity index (χ2n) is 7.57.